The molecule has 0 spiro atoms. The maximum absolute atomic E-state index is 13.5. The number of halogens is 1. The minimum Gasteiger partial charge on any atom is -0.390 e. The molecule has 1 aromatic heterocycles. The molecule has 1 saturated carbocycles. The van der Waals surface area contributed by atoms with E-state index < -0.39 is 22.9 Å². The number of aliphatic hydroxyl groups excluding tert-OH is 1. The third-order valence-electron chi connectivity index (χ3n) is 7.11. The molecule has 6 N–H and O–H groups in total. The van der Waals surface area contributed by atoms with E-state index in [1.165, 1.54) is 30.6 Å². The Morgan fingerprint density at radius 1 is 1.18 bits per heavy atom. The summed E-state index contributed by atoms with van der Waals surface area (Å²) in [7, 11) is -2.92. The maximum Gasteiger partial charge on any atom is 0.251 e. The molecule has 9 nitrogen and oxygen atoms in total. The Hall–Kier alpha value is -1.60. The molecular formula is C26H42ClN5O4S2. The molecule has 2 aliphatic rings. The largest absolute Gasteiger partial charge is 0.390 e. The van der Waals surface area contributed by atoms with E-state index in [0.29, 0.717) is 49.1 Å². The Kier molecular flexibility index (Phi) is 12.0. The number of hydrogen-bond acceptors (Lipinski definition) is 9. The van der Waals surface area contributed by atoms with Gasteiger partial charge in [-0.3, -0.25) is 18.2 Å². The van der Waals surface area contributed by atoms with E-state index in [2.05, 4.69) is 20.9 Å². The fourth-order valence-corrected chi connectivity index (χ4v) is 7.46. The van der Waals surface area contributed by atoms with Gasteiger partial charge in [0.05, 0.1) is 28.6 Å². The predicted octanol–water partition coefficient (Wildman–Crippen LogP) is 4.89. The molecule has 2 aromatic rings. The first kappa shape index (κ1) is 30.9. The van der Waals surface area contributed by atoms with E-state index in [1.807, 2.05) is 18.4 Å². The lowest BCUT2D eigenvalue weighted by molar-refractivity contribution is 0.0821. The number of carbonyl (C=O) groups is 1. The summed E-state index contributed by atoms with van der Waals surface area (Å²) in [6.45, 7) is 3.56. The fourth-order valence-electron chi connectivity index (χ4n) is 5.11. The number of thiazole rings is 1. The molecule has 12 heteroatoms. The van der Waals surface area contributed by atoms with E-state index in [9.17, 15) is 19.0 Å². The van der Waals surface area contributed by atoms with Crippen molar-refractivity contribution in [1.29, 1.82) is 0 Å². The summed E-state index contributed by atoms with van der Waals surface area (Å²) in [6, 6.07) is 5.23. The van der Waals surface area contributed by atoms with Crippen LogP contribution in [0.2, 0.25) is 0 Å². The van der Waals surface area contributed by atoms with Crippen molar-refractivity contribution in [2.45, 2.75) is 76.5 Å². The van der Waals surface area contributed by atoms with Gasteiger partial charge < -0.3 is 21.1 Å². The average molecular weight is 588 g/mol. The van der Waals surface area contributed by atoms with Crippen molar-refractivity contribution in [3.05, 3.63) is 40.3 Å². The quantitative estimate of drug-likeness (QED) is 0.219. The highest BCUT2D eigenvalue weighted by molar-refractivity contribution is 8.25. The maximum atomic E-state index is 13.5. The number of aliphatic hydroxyl groups is 1. The van der Waals surface area contributed by atoms with Crippen LogP contribution in [0.1, 0.15) is 67.2 Å². The average Bonchev–Trinajstić information content (AvgIpc) is 3.40. The molecule has 1 aliphatic heterocycles. The van der Waals surface area contributed by atoms with Gasteiger partial charge >= 0.3 is 0 Å². The lowest BCUT2D eigenvalue weighted by atomic mass is 9.95. The number of anilines is 2. The smallest absolute Gasteiger partial charge is 0.251 e. The number of carbonyl (C=O) groups excluding carboxylic acids is 1. The Morgan fingerprint density at radius 3 is 2.66 bits per heavy atom. The summed E-state index contributed by atoms with van der Waals surface area (Å²) in [5, 5.41) is 23.7. The Balaban J connectivity index is 0.00000400. The van der Waals surface area contributed by atoms with Crippen molar-refractivity contribution >= 4 is 51.8 Å². The van der Waals surface area contributed by atoms with Gasteiger partial charge in [-0.25, -0.2) is 4.98 Å². The number of hydrogen-bond donors (Lipinski definition) is 6. The molecule has 1 saturated heterocycles. The standard InChI is InChI=1S/C26H41N5O4S2.ClH/c1-2-27-21-14-19(15-22(16-21)31-11-6-7-13-37(31,34)35)26(33)30-23(17-25-28-10-12-36-25)24(32)18-29-20-8-4-3-5-9-20;/h10,12,14-16,20,23-24,27,29,32,34-35H,2-9,11,13,17-18H2,1H3,(H,30,33);1H/t23-,24-;/m0./s1. The van der Waals surface area contributed by atoms with Crippen molar-refractivity contribution in [3.63, 3.8) is 0 Å². The molecule has 1 amide bonds. The molecule has 2 heterocycles. The fraction of sp³-hybridized carbons (Fsp3) is 0.615. The van der Waals surface area contributed by atoms with Gasteiger partial charge in [-0.2, -0.15) is 0 Å². The van der Waals surface area contributed by atoms with Gasteiger partial charge in [0.15, 0.2) is 0 Å². The number of benzene rings is 1. The molecule has 214 valence electrons. The number of amides is 1. The Morgan fingerprint density at radius 2 is 1.97 bits per heavy atom. The topological polar surface area (TPSA) is 130 Å². The SMILES string of the molecule is CCNc1cc(C(=O)N[C@@H](Cc2nccs2)[C@@H](O)CNC2CCCCC2)cc(N2CCCCS2(O)O)c1.Cl. The van der Waals surface area contributed by atoms with Crippen LogP contribution in [-0.4, -0.2) is 68.7 Å². The van der Waals surface area contributed by atoms with Gasteiger partial charge in [0.25, 0.3) is 5.91 Å². The van der Waals surface area contributed by atoms with Crippen LogP contribution in [0, 0.1) is 0 Å². The van der Waals surface area contributed by atoms with E-state index in [0.717, 1.165) is 36.4 Å². The molecule has 0 bridgehead atoms. The molecular weight excluding hydrogens is 546 g/mol. The highest BCUT2D eigenvalue weighted by Gasteiger charge is 2.29. The van der Waals surface area contributed by atoms with Crippen LogP contribution in [0.4, 0.5) is 11.4 Å². The summed E-state index contributed by atoms with van der Waals surface area (Å²) in [5.74, 6) is 0.0171. The lowest BCUT2D eigenvalue weighted by Crippen LogP contribution is -2.50. The molecule has 1 aromatic carbocycles. The van der Waals surface area contributed by atoms with Gasteiger partial charge in [0, 0.05) is 54.9 Å². The van der Waals surface area contributed by atoms with Gasteiger partial charge in [0.2, 0.25) is 0 Å². The van der Waals surface area contributed by atoms with Crippen LogP contribution in [0.3, 0.4) is 0 Å². The van der Waals surface area contributed by atoms with Crippen molar-refractivity contribution in [3.8, 4) is 0 Å². The molecule has 4 rings (SSSR count). The first-order valence-corrected chi connectivity index (χ1v) is 15.9. The number of aromatic nitrogens is 1. The third-order valence-corrected chi connectivity index (χ3v) is 9.85. The van der Waals surface area contributed by atoms with Crippen molar-refractivity contribution in [2.24, 2.45) is 0 Å². The van der Waals surface area contributed by atoms with Crippen LogP contribution in [0.25, 0.3) is 0 Å². The summed E-state index contributed by atoms with van der Waals surface area (Å²) in [4.78, 5) is 17.9. The summed E-state index contributed by atoms with van der Waals surface area (Å²) < 4.78 is 23.0. The molecule has 38 heavy (non-hydrogen) atoms. The normalized spacial score (nSPS) is 20.2. The van der Waals surface area contributed by atoms with E-state index in [4.69, 9.17) is 0 Å². The van der Waals surface area contributed by atoms with Crippen molar-refractivity contribution in [1.82, 2.24) is 15.6 Å². The number of nitrogens with one attached hydrogen (secondary N) is 3. The second kappa shape index (κ2) is 14.7. The van der Waals surface area contributed by atoms with Crippen LogP contribution >= 0.6 is 34.5 Å². The second-order valence-corrected chi connectivity index (χ2v) is 13.1. The zero-order valence-electron chi connectivity index (χ0n) is 22.0. The monoisotopic (exact) mass is 587 g/mol. The van der Waals surface area contributed by atoms with Crippen molar-refractivity contribution in [2.75, 3.05) is 35.0 Å². The van der Waals surface area contributed by atoms with Crippen LogP contribution in [-0.2, 0) is 6.42 Å². The second-order valence-electron chi connectivity index (χ2n) is 9.96. The first-order valence-electron chi connectivity index (χ1n) is 13.4. The van der Waals surface area contributed by atoms with Crippen LogP contribution in [0.5, 0.6) is 0 Å². The van der Waals surface area contributed by atoms with Gasteiger partial charge in [-0.1, -0.05) is 19.3 Å². The van der Waals surface area contributed by atoms with Gasteiger partial charge in [0.1, 0.15) is 0 Å². The number of nitrogens with zero attached hydrogens (tertiary/aromatic N) is 2. The summed E-state index contributed by atoms with van der Waals surface area (Å²) in [5.41, 5.74) is 1.76. The molecule has 1 aliphatic carbocycles. The van der Waals surface area contributed by atoms with Gasteiger partial charge in [-0.05, 0) is 50.8 Å². The molecule has 2 fully saturated rings. The lowest BCUT2D eigenvalue weighted by Gasteiger charge is -2.47. The van der Waals surface area contributed by atoms with Crippen LogP contribution < -0.4 is 20.3 Å². The van der Waals surface area contributed by atoms with Crippen LogP contribution in [0.15, 0.2) is 29.8 Å². The van der Waals surface area contributed by atoms with E-state index in [1.54, 1.807) is 22.6 Å². The van der Waals surface area contributed by atoms with E-state index >= 15 is 0 Å². The Labute approximate surface area is 237 Å². The highest BCUT2D eigenvalue weighted by Crippen LogP contribution is 2.50. The van der Waals surface area contributed by atoms with Crippen molar-refractivity contribution < 1.29 is 19.0 Å². The highest BCUT2D eigenvalue weighted by atomic mass is 35.5. The third kappa shape index (κ3) is 8.45. The first-order chi connectivity index (χ1) is 17.9. The van der Waals surface area contributed by atoms with Gasteiger partial charge in [-0.15, -0.1) is 34.5 Å². The Bertz CT molecular complexity index is 1010. The molecule has 0 unspecified atom stereocenters. The predicted molar refractivity (Wildman–Crippen MR) is 160 cm³/mol. The molecule has 2 atom stereocenters. The number of rotatable bonds is 11. The molecule has 0 radical (unpaired) electrons. The summed E-state index contributed by atoms with van der Waals surface area (Å²) >= 11 is 1.50. The minimum absolute atomic E-state index is 0. The summed E-state index contributed by atoms with van der Waals surface area (Å²) in [6.07, 6.45) is 8.93. The minimum atomic E-state index is -2.92. The van der Waals surface area contributed by atoms with E-state index in [-0.39, 0.29) is 18.3 Å². The zero-order chi connectivity index (χ0) is 26.3. The zero-order valence-corrected chi connectivity index (χ0v) is 24.4.